The molecule has 2 amide bonds. The quantitative estimate of drug-likeness (QED) is 0.590. The van der Waals surface area contributed by atoms with Gasteiger partial charge in [-0.05, 0) is 31.2 Å². The van der Waals surface area contributed by atoms with Gasteiger partial charge < -0.3 is 20.5 Å². The summed E-state index contributed by atoms with van der Waals surface area (Å²) < 4.78 is 24.9. The fourth-order valence-electron chi connectivity index (χ4n) is 2.55. The first-order valence-corrected chi connectivity index (χ1v) is 9.08. The highest BCUT2D eigenvalue weighted by atomic mass is 19.1. The van der Waals surface area contributed by atoms with Gasteiger partial charge in [0.25, 0.3) is 11.8 Å². The summed E-state index contributed by atoms with van der Waals surface area (Å²) in [5, 5.41) is 2.69. The van der Waals surface area contributed by atoms with Crippen molar-refractivity contribution >= 4 is 17.5 Å². The summed E-state index contributed by atoms with van der Waals surface area (Å²) >= 11 is 0. The predicted molar refractivity (Wildman–Crippen MR) is 106 cm³/mol. The smallest absolute Gasteiger partial charge is 0.257 e. The lowest BCUT2D eigenvalue weighted by Crippen LogP contribution is -2.15. The Balaban J connectivity index is 1.68. The van der Waals surface area contributed by atoms with E-state index in [2.05, 4.69) is 15.3 Å². The number of aromatic nitrogens is 2. The zero-order valence-corrected chi connectivity index (χ0v) is 16.1. The second-order valence-electron chi connectivity index (χ2n) is 6.19. The Kier molecular flexibility index (Phi) is 6.53. The Hall–Kier alpha value is -4.01. The molecule has 0 saturated carbocycles. The van der Waals surface area contributed by atoms with E-state index in [9.17, 15) is 14.0 Å². The van der Waals surface area contributed by atoms with Crippen LogP contribution in [0.3, 0.4) is 0 Å². The van der Waals surface area contributed by atoms with Crippen molar-refractivity contribution in [3.63, 3.8) is 0 Å². The van der Waals surface area contributed by atoms with Crippen LogP contribution in [0.1, 0.15) is 33.2 Å². The van der Waals surface area contributed by atoms with Gasteiger partial charge in [-0.2, -0.15) is 0 Å². The number of anilines is 1. The van der Waals surface area contributed by atoms with Crippen molar-refractivity contribution in [2.75, 3.05) is 11.9 Å². The molecular weight excluding hydrogens is 391 g/mol. The van der Waals surface area contributed by atoms with E-state index in [1.165, 1.54) is 42.9 Å². The number of nitrogens with one attached hydrogen (secondary N) is 2. The second kappa shape index (κ2) is 9.46. The van der Waals surface area contributed by atoms with Gasteiger partial charge in [0.2, 0.25) is 12.1 Å². The highest BCUT2D eigenvalue weighted by molar-refractivity contribution is 6.04. The van der Waals surface area contributed by atoms with E-state index in [0.717, 1.165) is 0 Å². The van der Waals surface area contributed by atoms with Crippen molar-refractivity contribution in [3.05, 3.63) is 77.5 Å². The summed E-state index contributed by atoms with van der Waals surface area (Å²) in [7, 11) is 0. The molecule has 0 spiro atoms. The fraction of sp³-hybridized carbons (Fsp3) is 0.143. The molecule has 9 heteroatoms. The van der Waals surface area contributed by atoms with Gasteiger partial charge in [0.05, 0.1) is 12.2 Å². The van der Waals surface area contributed by atoms with Crippen LogP contribution in [0.4, 0.5) is 10.1 Å². The zero-order valence-electron chi connectivity index (χ0n) is 16.1. The molecule has 2 heterocycles. The molecule has 0 atom stereocenters. The Morgan fingerprint density at radius 3 is 2.67 bits per heavy atom. The first-order chi connectivity index (χ1) is 14.5. The fourth-order valence-corrected chi connectivity index (χ4v) is 2.55. The van der Waals surface area contributed by atoms with Crippen LogP contribution in [-0.2, 0) is 6.61 Å². The van der Waals surface area contributed by atoms with Crippen molar-refractivity contribution in [2.45, 2.75) is 13.5 Å². The molecule has 8 nitrogen and oxygen atoms in total. The number of H-pyrrole nitrogens is 1. The van der Waals surface area contributed by atoms with Crippen LogP contribution in [-0.4, -0.2) is 23.4 Å². The third-order valence-corrected chi connectivity index (χ3v) is 4.04. The third kappa shape index (κ3) is 5.28. The van der Waals surface area contributed by atoms with E-state index < -0.39 is 17.6 Å². The van der Waals surface area contributed by atoms with Gasteiger partial charge in [-0.25, -0.2) is 14.4 Å². The molecule has 0 radical (unpaired) electrons. The molecule has 0 unspecified atom stereocenters. The highest BCUT2D eigenvalue weighted by Gasteiger charge is 2.12. The Morgan fingerprint density at radius 2 is 1.97 bits per heavy atom. The number of hydrogen-bond acceptors (Lipinski definition) is 5. The zero-order chi connectivity index (χ0) is 21.5. The van der Waals surface area contributed by atoms with Crippen molar-refractivity contribution < 1.29 is 28.4 Å². The second-order valence-corrected chi connectivity index (χ2v) is 6.19. The molecule has 1 aromatic carbocycles. The van der Waals surface area contributed by atoms with Crippen LogP contribution >= 0.6 is 0 Å². The average molecular weight is 411 g/mol. The SMILES string of the molecule is CCOc1ccc(C(=O)Nc2ccc(F)c(COc3c[nH+]cc(C(N)=O)c3)c2)cn1. The lowest BCUT2D eigenvalue weighted by molar-refractivity contribution is -0.379. The average Bonchev–Trinajstić information content (AvgIpc) is 2.75. The van der Waals surface area contributed by atoms with Gasteiger partial charge in [0, 0.05) is 29.6 Å². The Morgan fingerprint density at radius 1 is 1.13 bits per heavy atom. The normalized spacial score (nSPS) is 10.3. The maximum atomic E-state index is 14.2. The largest absolute Gasteiger partial charge is 0.483 e. The van der Waals surface area contributed by atoms with Crippen LogP contribution in [0, 0.1) is 5.82 Å². The lowest BCUT2D eigenvalue weighted by atomic mass is 10.2. The van der Waals surface area contributed by atoms with Gasteiger partial charge in [0.15, 0.2) is 11.9 Å². The first-order valence-electron chi connectivity index (χ1n) is 9.08. The number of rotatable bonds is 8. The number of hydrogen-bond donors (Lipinski definition) is 2. The molecule has 0 aliphatic rings. The first kappa shape index (κ1) is 20.7. The number of nitrogens with zero attached hydrogens (tertiary/aromatic N) is 1. The number of nitrogens with two attached hydrogens (primary N) is 1. The van der Waals surface area contributed by atoms with Crippen LogP contribution < -0.4 is 25.5 Å². The minimum atomic E-state index is -0.614. The maximum absolute atomic E-state index is 14.2. The van der Waals surface area contributed by atoms with Gasteiger partial charge in [-0.3, -0.25) is 9.59 Å². The van der Waals surface area contributed by atoms with Crippen molar-refractivity contribution in [1.82, 2.24) is 4.98 Å². The minimum absolute atomic E-state index is 0.115. The number of amides is 2. The maximum Gasteiger partial charge on any atom is 0.257 e. The molecular formula is C21H20FN4O4+. The molecule has 0 aliphatic carbocycles. The summed E-state index contributed by atoms with van der Waals surface area (Å²) in [6, 6.07) is 8.78. The molecule has 3 aromatic rings. The molecule has 30 heavy (non-hydrogen) atoms. The molecule has 154 valence electrons. The summed E-state index contributed by atoms with van der Waals surface area (Å²) in [5.74, 6) is -0.761. The summed E-state index contributed by atoms with van der Waals surface area (Å²) in [6.07, 6.45) is 4.34. The predicted octanol–water partition coefficient (Wildman–Crippen LogP) is 2.36. The summed E-state index contributed by atoms with van der Waals surface area (Å²) in [6.45, 7) is 2.20. The number of pyridine rings is 2. The number of carbonyl (C=O) groups is 2. The van der Waals surface area contributed by atoms with E-state index in [1.54, 1.807) is 12.1 Å². The molecule has 0 aliphatic heterocycles. The van der Waals surface area contributed by atoms with Crippen LogP contribution in [0.5, 0.6) is 11.6 Å². The van der Waals surface area contributed by atoms with Crippen molar-refractivity contribution in [2.24, 2.45) is 5.73 Å². The van der Waals surface area contributed by atoms with E-state index in [4.69, 9.17) is 15.2 Å². The Bertz CT molecular complexity index is 1060. The topological polar surface area (TPSA) is 118 Å². The van der Waals surface area contributed by atoms with Crippen molar-refractivity contribution in [1.29, 1.82) is 0 Å². The Labute approximate surface area is 171 Å². The molecule has 2 aromatic heterocycles. The van der Waals surface area contributed by atoms with Crippen LogP contribution in [0.2, 0.25) is 0 Å². The van der Waals surface area contributed by atoms with E-state index in [1.807, 2.05) is 6.92 Å². The van der Waals surface area contributed by atoms with Gasteiger partial charge in [0.1, 0.15) is 18.0 Å². The van der Waals surface area contributed by atoms with Crippen LogP contribution in [0.25, 0.3) is 0 Å². The highest BCUT2D eigenvalue weighted by Crippen LogP contribution is 2.19. The van der Waals surface area contributed by atoms with Gasteiger partial charge in [-0.15, -0.1) is 0 Å². The number of carbonyl (C=O) groups excluding carboxylic acids is 2. The number of benzene rings is 1. The summed E-state index contributed by atoms with van der Waals surface area (Å²) in [5.41, 5.74) is 6.41. The minimum Gasteiger partial charge on any atom is -0.483 e. The number of aromatic amines is 1. The van der Waals surface area contributed by atoms with E-state index >= 15 is 0 Å². The third-order valence-electron chi connectivity index (χ3n) is 4.04. The molecule has 4 N–H and O–H groups in total. The molecule has 0 bridgehead atoms. The summed E-state index contributed by atoms with van der Waals surface area (Å²) in [4.78, 5) is 30.4. The van der Waals surface area contributed by atoms with Crippen molar-refractivity contribution in [3.8, 4) is 11.6 Å². The molecule has 0 fully saturated rings. The standard InChI is InChI=1S/C21H19FN4O4/c1-2-29-19-6-3-13(10-25-19)21(28)26-16-4-5-18(22)15(7-16)12-30-17-8-14(20(23)27)9-24-11-17/h3-11H,2,12H2,1H3,(H2,23,27)(H,26,28)/p+1. The lowest BCUT2D eigenvalue weighted by Gasteiger charge is -2.10. The van der Waals surface area contributed by atoms with E-state index in [0.29, 0.717) is 29.5 Å². The molecule has 0 saturated heterocycles. The monoisotopic (exact) mass is 411 g/mol. The van der Waals surface area contributed by atoms with Gasteiger partial charge >= 0.3 is 0 Å². The van der Waals surface area contributed by atoms with E-state index in [-0.39, 0.29) is 17.7 Å². The van der Waals surface area contributed by atoms with Gasteiger partial charge in [-0.1, -0.05) is 0 Å². The molecule has 3 rings (SSSR count). The number of halogens is 1. The van der Waals surface area contributed by atoms with Crippen LogP contribution in [0.15, 0.2) is 55.0 Å². The number of primary amides is 1. The number of ether oxygens (including phenoxy) is 2.